The summed E-state index contributed by atoms with van der Waals surface area (Å²) in [5.41, 5.74) is 6.74. The number of aromatic nitrogens is 2. The van der Waals surface area contributed by atoms with Crippen molar-refractivity contribution in [1.29, 1.82) is 0 Å². The van der Waals surface area contributed by atoms with Gasteiger partial charge in [0, 0.05) is 11.6 Å². The maximum Gasteiger partial charge on any atom is 0.271 e. The molecular formula is C32H21N3O2S3. The van der Waals surface area contributed by atoms with Crippen LogP contribution in [0.1, 0.15) is 34.9 Å². The molecule has 3 aromatic carbocycles. The third-order valence-electron chi connectivity index (χ3n) is 7.33. The Morgan fingerprint density at radius 1 is 0.900 bits per heavy atom. The molecule has 0 unspecified atom stereocenters. The zero-order chi connectivity index (χ0) is 26.6. The van der Waals surface area contributed by atoms with Crippen LogP contribution in [0.15, 0.2) is 120 Å². The molecule has 8 heteroatoms. The smallest absolute Gasteiger partial charge is 0.271 e. The number of thiazole rings is 2. The van der Waals surface area contributed by atoms with E-state index in [0.29, 0.717) is 10.3 Å². The maximum atomic E-state index is 13.9. The Balaban J connectivity index is 1.22. The highest BCUT2D eigenvalue weighted by molar-refractivity contribution is 8.01. The first kappa shape index (κ1) is 23.9. The lowest BCUT2D eigenvalue weighted by atomic mass is 9.83. The zero-order valence-electron chi connectivity index (χ0n) is 21.1. The molecule has 1 aliphatic heterocycles. The first-order valence-corrected chi connectivity index (χ1v) is 15.5. The SMILES string of the molecule is O=c1/c(=C/c2ccc(Sc3nc4ccccc4s3)o2)sc2n1[C@@H](c1ccccc1)C1=C(N=2)c2ccccc2CC1. The fraction of sp³-hybridized carbons (Fsp3) is 0.0938. The molecule has 4 heterocycles. The van der Waals surface area contributed by atoms with Gasteiger partial charge in [-0.15, -0.1) is 11.3 Å². The van der Waals surface area contributed by atoms with E-state index in [-0.39, 0.29) is 11.6 Å². The number of benzene rings is 3. The Labute approximate surface area is 241 Å². The van der Waals surface area contributed by atoms with Crippen molar-refractivity contribution < 1.29 is 4.42 Å². The van der Waals surface area contributed by atoms with Crippen molar-refractivity contribution >= 4 is 56.4 Å². The average Bonchev–Trinajstić information content (AvgIpc) is 3.69. The molecule has 8 rings (SSSR count). The van der Waals surface area contributed by atoms with Gasteiger partial charge in [0.15, 0.2) is 14.2 Å². The van der Waals surface area contributed by atoms with Gasteiger partial charge in [-0.2, -0.15) is 0 Å². The van der Waals surface area contributed by atoms with Crippen molar-refractivity contribution in [3.63, 3.8) is 0 Å². The lowest BCUT2D eigenvalue weighted by molar-refractivity contribution is 0.466. The Kier molecular flexibility index (Phi) is 5.72. The monoisotopic (exact) mass is 575 g/mol. The first-order chi connectivity index (χ1) is 19.7. The molecule has 0 N–H and O–H groups in total. The molecule has 0 radical (unpaired) electrons. The molecule has 1 aliphatic carbocycles. The number of rotatable bonds is 4. The topological polar surface area (TPSA) is 60.4 Å². The van der Waals surface area contributed by atoms with Crippen molar-refractivity contribution in [1.82, 2.24) is 9.55 Å². The summed E-state index contributed by atoms with van der Waals surface area (Å²) in [6.07, 6.45) is 3.66. The second-order valence-electron chi connectivity index (χ2n) is 9.73. The molecule has 0 saturated carbocycles. The van der Waals surface area contributed by atoms with Crippen LogP contribution in [0, 0.1) is 0 Å². The van der Waals surface area contributed by atoms with Crippen LogP contribution in [-0.2, 0) is 6.42 Å². The van der Waals surface area contributed by atoms with Crippen LogP contribution in [-0.4, -0.2) is 9.55 Å². The number of hydrogen-bond donors (Lipinski definition) is 0. The standard InChI is InChI=1S/C32H21N3O2S3/c36-30-26(18-21-15-17-27(37-21)40-32-33-24-12-6-7-13-25(24)39-32)38-31-34-28-22-11-5-4-8-19(22)14-16-23(28)29(35(30)31)20-9-2-1-3-10-20/h1-13,15,17-18,29H,14,16H2/b26-18-/t29-/m0/s1. The van der Waals surface area contributed by atoms with E-state index in [1.54, 1.807) is 11.3 Å². The number of furan rings is 1. The van der Waals surface area contributed by atoms with E-state index < -0.39 is 0 Å². The number of hydrogen-bond acceptors (Lipinski definition) is 7. The van der Waals surface area contributed by atoms with Crippen LogP contribution >= 0.6 is 34.4 Å². The molecule has 3 aromatic heterocycles. The number of allylic oxidation sites excluding steroid dienone is 1. The van der Waals surface area contributed by atoms with Gasteiger partial charge < -0.3 is 4.42 Å². The van der Waals surface area contributed by atoms with E-state index in [1.807, 2.05) is 59.2 Å². The minimum atomic E-state index is -0.176. The number of aryl methyl sites for hydroxylation is 1. The molecule has 0 amide bonds. The van der Waals surface area contributed by atoms with Crippen LogP contribution in [0.25, 0.3) is 22.0 Å². The lowest BCUT2D eigenvalue weighted by Crippen LogP contribution is -2.38. The van der Waals surface area contributed by atoms with E-state index in [1.165, 1.54) is 39.8 Å². The molecule has 0 spiro atoms. The second kappa shape index (κ2) is 9.59. The van der Waals surface area contributed by atoms with Gasteiger partial charge in [0.25, 0.3) is 5.56 Å². The summed E-state index contributed by atoms with van der Waals surface area (Å²) < 4.78 is 10.7. The van der Waals surface area contributed by atoms with E-state index in [9.17, 15) is 4.79 Å². The van der Waals surface area contributed by atoms with Crippen LogP contribution in [0.3, 0.4) is 0 Å². The van der Waals surface area contributed by atoms with Gasteiger partial charge in [0.05, 0.1) is 26.5 Å². The van der Waals surface area contributed by atoms with Gasteiger partial charge in [0.2, 0.25) is 0 Å². The van der Waals surface area contributed by atoms with E-state index in [0.717, 1.165) is 48.6 Å². The fourth-order valence-corrected chi connectivity index (χ4v) is 8.48. The molecule has 0 bridgehead atoms. The molecular weight excluding hydrogens is 555 g/mol. The quantitative estimate of drug-likeness (QED) is 0.236. The van der Waals surface area contributed by atoms with Crippen LogP contribution < -0.4 is 14.9 Å². The van der Waals surface area contributed by atoms with Gasteiger partial charge in [-0.05, 0) is 65.6 Å². The van der Waals surface area contributed by atoms with Gasteiger partial charge in [-0.1, -0.05) is 78.1 Å². The summed E-state index contributed by atoms with van der Waals surface area (Å²) in [6, 6.07) is 30.6. The number of fused-ring (bicyclic) bond motifs is 4. The predicted molar refractivity (Wildman–Crippen MR) is 162 cm³/mol. The summed E-state index contributed by atoms with van der Waals surface area (Å²) >= 11 is 4.56. The van der Waals surface area contributed by atoms with Crippen molar-refractivity contribution in [2.45, 2.75) is 28.3 Å². The first-order valence-electron chi connectivity index (χ1n) is 13.0. The third kappa shape index (κ3) is 4.02. The van der Waals surface area contributed by atoms with Crippen LogP contribution in [0.5, 0.6) is 0 Å². The van der Waals surface area contributed by atoms with Crippen molar-refractivity contribution in [2.24, 2.45) is 4.99 Å². The highest BCUT2D eigenvalue weighted by atomic mass is 32.2. The maximum absolute atomic E-state index is 13.9. The molecule has 2 aliphatic rings. The average molecular weight is 576 g/mol. The highest BCUT2D eigenvalue weighted by Crippen LogP contribution is 2.41. The summed E-state index contributed by atoms with van der Waals surface area (Å²) in [5, 5.41) is 0.743. The zero-order valence-corrected chi connectivity index (χ0v) is 23.6. The summed E-state index contributed by atoms with van der Waals surface area (Å²) in [6.45, 7) is 0. The summed E-state index contributed by atoms with van der Waals surface area (Å²) in [4.78, 5) is 24.4. The van der Waals surface area contributed by atoms with Crippen LogP contribution in [0.4, 0.5) is 0 Å². The van der Waals surface area contributed by atoms with Gasteiger partial charge in [-0.3, -0.25) is 9.36 Å². The third-order valence-corrected chi connectivity index (χ3v) is 10.3. The highest BCUT2D eigenvalue weighted by Gasteiger charge is 2.32. The Morgan fingerprint density at radius 2 is 1.73 bits per heavy atom. The molecule has 40 heavy (non-hydrogen) atoms. The lowest BCUT2D eigenvalue weighted by Gasteiger charge is -2.30. The van der Waals surface area contributed by atoms with Gasteiger partial charge in [-0.25, -0.2) is 9.98 Å². The molecule has 6 aromatic rings. The van der Waals surface area contributed by atoms with Crippen molar-refractivity contribution in [3.05, 3.63) is 139 Å². The molecule has 0 saturated heterocycles. The Hall–Kier alpha value is -3.98. The summed E-state index contributed by atoms with van der Waals surface area (Å²) in [5.74, 6) is 0.638. The Morgan fingerprint density at radius 3 is 2.62 bits per heavy atom. The van der Waals surface area contributed by atoms with Gasteiger partial charge in [0.1, 0.15) is 5.76 Å². The van der Waals surface area contributed by atoms with E-state index in [4.69, 9.17) is 14.4 Å². The molecule has 1 atom stereocenters. The predicted octanol–water partition coefficient (Wildman–Crippen LogP) is 6.67. The Bertz CT molecular complexity index is 2100. The largest absolute Gasteiger partial charge is 0.450 e. The molecule has 194 valence electrons. The normalized spacial score (nSPS) is 16.5. The van der Waals surface area contributed by atoms with E-state index in [2.05, 4.69) is 42.5 Å². The van der Waals surface area contributed by atoms with Crippen molar-refractivity contribution in [2.75, 3.05) is 0 Å². The minimum Gasteiger partial charge on any atom is -0.450 e. The van der Waals surface area contributed by atoms with E-state index >= 15 is 0 Å². The number of para-hydroxylation sites is 1. The molecule has 0 fully saturated rings. The fourth-order valence-electron chi connectivity index (χ4n) is 5.53. The van der Waals surface area contributed by atoms with Crippen molar-refractivity contribution in [3.8, 4) is 0 Å². The number of nitrogens with zero attached hydrogens (tertiary/aromatic N) is 3. The summed E-state index contributed by atoms with van der Waals surface area (Å²) in [7, 11) is 0. The second-order valence-corrected chi connectivity index (χ2v) is 13.0. The minimum absolute atomic E-state index is 0.0419. The molecule has 5 nitrogen and oxygen atoms in total. The van der Waals surface area contributed by atoms with Crippen LogP contribution in [0.2, 0.25) is 0 Å². The van der Waals surface area contributed by atoms with Gasteiger partial charge >= 0.3 is 0 Å².